The van der Waals surface area contributed by atoms with Crippen molar-refractivity contribution in [1.82, 2.24) is 14.8 Å². The van der Waals surface area contributed by atoms with Gasteiger partial charge in [-0.2, -0.15) is 18.4 Å². The summed E-state index contributed by atoms with van der Waals surface area (Å²) in [6.07, 6.45) is -3.39. The van der Waals surface area contributed by atoms with E-state index in [2.05, 4.69) is 15.4 Å². The maximum absolute atomic E-state index is 12.6. The van der Waals surface area contributed by atoms with E-state index in [0.717, 1.165) is 29.2 Å². The highest BCUT2D eigenvalue weighted by molar-refractivity contribution is 6.33. The summed E-state index contributed by atoms with van der Waals surface area (Å²) < 4.78 is 38.9. The number of hydrogen-bond acceptors (Lipinski definition) is 4. The molecule has 1 amide bonds. The van der Waals surface area contributed by atoms with E-state index in [1.165, 1.54) is 0 Å². The first-order chi connectivity index (χ1) is 10.3. The Bertz CT molecular complexity index is 750. The van der Waals surface area contributed by atoms with E-state index < -0.39 is 17.6 Å². The van der Waals surface area contributed by atoms with E-state index in [1.54, 1.807) is 6.07 Å². The van der Waals surface area contributed by atoms with Gasteiger partial charge in [-0.15, -0.1) is 5.10 Å². The molecule has 0 bridgehead atoms. The quantitative estimate of drug-likeness (QED) is 0.937. The lowest BCUT2D eigenvalue weighted by molar-refractivity contribution is -0.137. The zero-order valence-electron chi connectivity index (χ0n) is 10.7. The van der Waals surface area contributed by atoms with Gasteiger partial charge in [0, 0.05) is 0 Å². The number of nitriles is 1. The van der Waals surface area contributed by atoms with Crippen molar-refractivity contribution < 1.29 is 18.0 Å². The largest absolute Gasteiger partial charge is 0.416 e. The lowest BCUT2D eigenvalue weighted by atomic mass is 10.2. The monoisotopic (exact) mass is 329 g/mol. The molecule has 0 aliphatic carbocycles. The first-order valence-electron chi connectivity index (χ1n) is 5.76. The third-order valence-corrected chi connectivity index (χ3v) is 2.84. The Hall–Kier alpha value is -2.60. The molecule has 2 rings (SSSR count). The summed E-state index contributed by atoms with van der Waals surface area (Å²) in [5.74, 6) is -0.777. The third-order valence-electron chi connectivity index (χ3n) is 2.51. The van der Waals surface area contributed by atoms with Gasteiger partial charge in [0.15, 0.2) is 0 Å². The molecule has 0 saturated heterocycles. The molecule has 6 nitrogen and oxygen atoms in total. The van der Waals surface area contributed by atoms with Crippen molar-refractivity contribution in [2.24, 2.45) is 0 Å². The molecular weight excluding hydrogens is 323 g/mol. The molecule has 1 N–H and O–H groups in total. The number of carbonyl (C=O) groups excluding carboxylic acids is 1. The molecule has 0 atom stereocenters. The van der Waals surface area contributed by atoms with Gasteiger partial charge in [0.2, 0.25) is 5.91 Å². The standard InChI is InChI=1S/C12H7ClF3N5O/c13-8-2-1-7(12(14,15)16)3-9(8)19-11(22)5-21-6-18-10(4-17)20-21/h1-3,6H,5H2,(H,19,22). The summed E-state index contributed by atoms with van der Waals surface area (Å²) in [5.41, 5.74) is -1.10. The average molecular weight is 330 g/mol. The van der Waals surface area contributed by atoms with Gasteiger partial charge in [0.25, 0.3) is 5.82 Å². The molecule has 0 saturated carbocycles. The molecule has 114 valence electrons. The second-order valence-electron chi connectivity index (χ2n) is 4.12. The fourth-order valence-corrected chi connectivity index (χ4v) is 1.72. The molecule has 0 spiro atoms. The highest BCUT2D eigenvalue weighted by Crippen LogP contribution is 2.33. The van der Waals surface area contributed by atoms with Gasteiger partial charge in [0.1, 0.15) is 18.9 Å². The number of benzene rings is 1. The van der Waals surface area contributed by atoms with Crippen LogP contribution in [0.2, 0.25) is 5.02 Å². The molecule has 10 heteroatoms. The van der Waals surface area contributed by atoms with Gasteiger partial charge >= 0.3 is 6.18 Å². The first kappa shape index (κ1) is 15.8. The van der Waals surface area contributed by atoms with Gasteiger partial charge in [-0.25, -0.2) is 9.67 Å². The number of amides is 1. The number of halogens is 4. The third kappa shape index (κ3) is 3.73. The minimum atomic E-state index is -4.54. The van der Waals surface area contributed by atoms with E-state index in [0.29, 0.717) is 0 Å². The van der Waals surface area contributed by atoms with Crippen molar-refractivity contribution in [2.75, 3.05) is 5.32 Å². The number of hydrogen-bond donors (Lipinski definition) is 1. The molecular formula is C12H7ClF3N5O. The topological polar surface area (TPSA) is 83.6 Å². The van der Waals surface area contributed by atoms with Crippen LogP contribution in [-0.4, -0.2) is 20.7 Å². The van der Waals surface area contributed by atoms with Gasteiger partial charge < -0.3 is 5.32 Å². The Morgan fingerprint density at radius 2 is 2.18 bits per heavy atom. The predicted molar refractivity (Wildman–Crippen MR) is 69.8 cm³/mol. The lowest BCUT2D eigenvalue weighted by Gasteiger charge is -2.11. The van der Waals surface area contributed by atoms with E-state index in [9.17, 15) is 18.0 Å². The number of nitrogens with zero attached hydrogens (tertiary/aromatic N) is 4. The van der Waals surface area contributed by atoms with Crippen molar-refractivity contribution >= 4 is 23.2 Å². The Kier molecular flexibility index (Phi) is 4.32. The van der Waals surface area contributed by atoms with E-state index in [-0.39, 0.29) is 23.1 Å². The van der Waals surface area contributed by atoms with Crippen LogP contribution >= 0.6 is 11.6 Å². The van der Waals surface area contributed by atoms with Gasteiger partial charge in [-0.1, -0.05) is 11.6 Å². The Morgan fingerprint density at radius 1 is 1.45 bits per heavy atom. The van der Waals surface area contributed by atoms with Crippen LogP contribution < -0.4 is 5.32 Å². The number of nitrogens with one attached hydrogen (secondary N) is 1. The lowest BCUT2D eigenvalue weighted by Crippen LogP contribution is -2.19. The number of carbonyl (C=O) groups is 1. The number of alkyl halides is 3. The van der Waals surface area contributed by atoms with Gasteiger partial charge in [0.05, 0.1) is 16.3 Å². The van der Waals surface area contributed by atoms with Crippen LogP contribution in [0.15, 0.2) is 24.5 Å². The summed E-state index contributed by atoms with van der Waals surface area (Å²) in [6, 6.07) is 4.28. The average Bonchev–Trinajstić information content (AvgIpc) is 2.87. The fourth-order valence-electron chi connectivity index (χ4n) is 1.56. The van der Waals surface area contributed by atoms with E-state index in [1.807, 2.05) is 0 Å². The summed E-state index contributed by atoms with van der Waals surface area (Å²) in [4.78, 5) is 15.4. The molecule has 1 aromatic carbocycles. The summed E-state index contributed by atoms with van der Waals surface area (Å²) >= 11 is 5.76. The molecule has 22 heavy (non-hydrogen) atoms. The second kappa shape index (κ2) is 6.03. The Morgan fingerprint density at radius 3 is 2.77 bits per heavy atom. The highest BCUT2D eigenvalue weighted by Gasteiger charge is 2.31. The van der Waals surface area contributed by atoms with Gasteiger partial charge in [-0.05, 0) is 18.2 Å². The molecule has 1 heterocycles. The van der Waals surface area contributed by atoms with Crippen molar-refractivity contribution in [1.29, 1.82) is 5.26 Å². The summed E-state index contributed by atoms with van der Waals surface area (Å²) in [6.45, 7) is -0.318. The molecule has 0 radical (unpaired) electrons. The Labute approximate surface area is 127 Å². The normalized spacial score (nSPS) is 11.0. The van der Waals surface area contributed by atoms with Crippen molar-refractivity contribution in [3.8, 4) is 6.07 Å². The smallest absolute Gasteiger partial charge is 0.323 e. The second-order valence-corrected chi connectivity index (χ2v) is 4.53. The molecule has 0 unspecified atom stereocenters. The minimum absolute atomic E-state index is 0.0299. The maximum Gasteiger partial charge on any atom is 0.416 e. The number of rotatable bonds is 3. The fraction of sp³-hybridized carbons (Fsp3) is 0.167. The predicted octanol–water partition coefficient (Wildman–Crippen LogP) is 2.46. The zero-order valence-corrected chi connectivity index (χ0v) is 11.5. The SMILES string of the molecule is N#Cc1ncn(CC(=O)Nc2cc(C(F)(F)F)ccc2Cl)n1. The molecule has 0 aliphatic rings. The van der Waals surface area contributed by atoms with Crippen LogP contribution in [0.1, 0.15) is 11.4 Å². The summed E-state index contributed by atoms with van der Waals surface area (Å²) in [5, 5.41) is 14.4. The number of aromatic nitrogens is 3. The highest BCUT2D eigenvalue weighted by atomic mass is 35.5. The molecule has 1 aromatic heterocycles. The van der Waals surface area contributed by atoms with E-state index >= 15 is 0 Å². The molecule has 2 aromatic rings. The van der Waals surface area contributed by atoms with Crippen molar-refractivity contribution in [3.05, 3.63) is 40.9 Å². The van der Waals surface area contributed by atoms with Crippen LogP contribution in [0.5, 0.6) is 0 Å². The molecule has 0 fully saturated rings. The summed E-state index contributed by atoms with van der Waals surface area (Å²) in [7, 11) is 0. The minimum Gasteiger partial charge on any atom is -0.323 e. The van der Waals surface area contributed by atoms with Crippen LogP contribution in [0.25, 0.3) is 0 Å². The van der Waals surface area contributed by atoms with Crippen molar-refractivity contribution in [2.45, 2.75) is 12.7 Å². The first-order valence-corrected chi connectivity index (χ1v) is 6.13. The van der Waals surface area contributed by atoms with Crippen molar-refractivity contribution in [3.63, 3.8) is 0 Å². The number of anilines is 1. The zero-order chi connectivity index (χ0) is 16.3. The van der Waals surface area contributed by atoms with Crippen LogP contribution in [0.3, 0.4) is 0 Å². The molecule has 0 aliphatic heterocycles. The van der Waals surface area contributed by atoms with E-state index in [4.69, 9.17) is 16.9 Å². The van der Waals surface area contributed by atoms with Gasteiger partial charge in [-0.3, -0.25) is 4.79 Å². The van der Waals surface area contributed by atoms with Crippen LogP contribution in [0.4, 0.5) is 18.9 Å². The Balaban J connectivity index is 2.13. The van der Waals surface area contributed by atoms with Crippen LogP contribution in [-0.2, 0) is 17.5 Å². The van der Waals surface area contributed by atoms with Crippen LogP contribution in [0, 0.1) is 11.3 Å². The maximum atomic E-state index is 12.6.